The number of benzene rings is 2. The van der Waals surface area contributed by atoms with E-state index >= 15 is 0 Å². The van der Waals surface area contributed by atoms with E-state index in [1.807, 2.05) is 0 Å². The van der Waals surface area contributed by atoms with Crippen LogP contribution in [-0.2, 0) is 4.74 Å². The molecule has 0 aliphatic carbocycles. The summed E-state index contributed by atoms with van der Waals surface area (Å²) in [6, 6.07) is 16.0. The number of anilines is 2. The number of carbonyl (C=O) groups excluding carboxylic acids is 3. The molecule has 0 saturated carbocycles. The largest absolute Gasteiger partial charge is 0.465 e. The molecule has 0 bridgehead atoms. The number of esters is 1. The number of nitrogens with one attached hydrogen (secondary N) is 3. The molecular weight excluding hydrogens is 406 g/mol. The molecule has 0 atom stereocenters. The quantitative estimate of drug-likeness (QED) is 0.426. The van der Waals surface area contributed by atoms with Crippen molar-refractivity contribution < 1.29 is 23.5 Å². The molecule has 0 saturated heterocycles. The summed E-state index contributed by atoms with van der Waals surface area (Å²) >= 11 is 5.17. The standard InChI is InChI=1S/C21H17N3O5S/c1-28-20(27)14-9-7-13(8-10-14)18(25)24-21(30)23-16-5-2-4-15(12-16)22-19(26)17-6-3-11-29-17/h2-12H,1H3,(H,22,26)(H2,23,24,25,30). The van der Waals surface area contributed by atoms with Gasteiger partial charge in [-0.1, -0.05) is 6.07 Å². The molecule has 0 spiro atoms. The van der Waals surface area contributed by atoms with Crippen molar-refractivity contribution in [2.24, 2.45) is 0 Å². The van der Waals surface area contributed by atoms with Crippen molar-refractivity contribution in [2.75, 3.05) is 17.7 Å². The molecular formula is C21H17N3O5S. The van der Waals surface area contributed by atoms with Gasteiger partial charge in [-0.15, -0.1) is 0 Å². The maximum Gasteiger partial charge on any atom is 0.337 e. The Morgan fingerprint density at radius 2 is 1.53 bits per heavy atom. The normalized spacial score (nSPS) is 10.0. The number of hydrogen-bond donors (Lipinski definition) is 3. The first-order valence-corrected chi connectivity index (χ1v) is 9.13. The molecule has 1 heterocycles. The minimum Gasteiger partial charge on any atom is -0.465 e. The fraction of sp³-hybridized carbons (Fsp3) is 0.0476. The van der Waals surface area contributed by atoms with Gasteiger partial charge in [0, 0.05) is 16.9 Å². The third-order valence-electron chi connectivity index (χ3n) is 3.92. The Hall–Kier alpha value is -3.98. The number of hydrogen-bond acceptors (Lipinski definition) is 6. The average molecular weight is 423 g/mol. The highest BCUT2D eigenvalue weighted by atomic mass is 32.1. The van der Waals surface area contributed by atoms with Crippen LogP contribution in [0.4, 0.5) is 11.4 Å². The van der Waals surface area contributed by atoms with Crippen molar-refractivity contribution in [3.8, 4) is 0 Å². The van der Waals surface area contributed by atoms with Gasteiger partial charge in [0.05, 0.1) is 18.9 Å². The van der Waals surface area contributed by atoms with Gasteiger partial charge < -0.3 is 19.8 Å². The first-order chi connectivity index (χ1) is 14.5. The lowest BCUT2D eigenvalue weighted by Crippen LogP contribution is -2.34. The Bertz CT molecular complexity index is 1080. The van der Waals surface area contributed by atoms with E-state index in [1.165, 1.54) is 37.6 Å². The highest BCUT2D eigenvalue weighted by Gasteiger charge is 2.12. The molecule has 2 amide bonds. The highest BCUT2D eigenvalue weighted by molar-refractivity contribution is 7.80. The van der Waals surface area contributed by atoms with Gasteiger partial charge in [0.15, 0.2) is 10.9 Å². The van der Waals surface area contributed by atoms with Gasteiger partial charge in [-0.05, 0) is 66.8 Å². The molecule has 0 aliphatic heterocycles. The summed E-state index contributed by atoms with van der Waals surface area (Å²) < 4.78 is 9.67. The van der Waals surface area contributed by atoms with Crippen LogP contribution in [0.5, 0.6) is 0 Å². The van der Waals surface area contributed by atoms with Gasteiger partial charge in [-0.25, -0.2) is 4.79 Å². The SMILES string of the molecule is COC(=O)c1ccc(C(=O)NC(=S)Nc2cccc(NC(=O)c3ccco3)c2)cc1. The van der Waals surface area contributed by atoms with Gasteiger partial charge in [0.25, 0.3) is 11.8 Å². The van der Waals surface area contributed by atoms with Crippen LogP contribution in [0.1, 0.15) is 31.3 Å². The summed E-state index contributed by atoms with van der Waals surface area (Å²) in [6.07, 6.45) is 1.41. The molecule has 8 nitrogen and oxygen atoms in total. The molecule has 9 heteroatoms. The summed E-state index contributed by atoms with van der Waals surface area (Å²) in [5, 5.41) is 8.21. The van der Waals surface area contributed by atoms with Gasteiger partial charge in [0.2, 0.25) is 0 Å². The lowest BCUT2D eigenvalue weighted by Gasteiger charge is -2.11. The number of thiocarbonyl (C=S) groups is 1. The first kappa shape index (κ1) is 20.7. The van der Waals surface area contributed by atoms with Crippen LogP contribution in [0.3, 0.4) is 0 Å². The molecule has 0 radical (unpaired) electrons. The van der Waals surface area contributed by atoms with E-state index in [2.05, 4.69) is 20.7 Å². The summed E-state index contributed by atoms with van der Waals surface area (Å²) in [6.45, 7) is 0. The number of rotatable bonds is 5. The summed E-state index contributed by atoms with van der Waals surface area (Å²) in [5.74, 6) is -1.12. The monoisotopic (exact) mass is 423 g/mol. The third kappa shape index (κ3) is 5.30. The van der Waals surface area contributed by atoms with E-state index in [0.29, 0.717) is 22.5 Å². The summed E-state index contributed by atoms with van der Waals surface area (Å²) in [5.41, 5.74) is 1.75. The molecule has 30 heavy (non-hydrogen) atoms. The smallest absolute Gasteiger partial charge is 0.337 e. The Kier molecular flexibility index (Phi) is 6.56. The van der Waals surface area contributed by atoms with Crippen LogP contribution in [-0.4, -0.2) is 30.0 Å². The topological polar surface area (TPSA) is 110 Å². The summed E-state index contributed by atoms with van der Waals surface area (Å²) in [4.78, 5) is 35.8. The Morgan fingerprint density at radius 3 is 2.17 bits per heavy atom. The predicted molar refractivity (Wildman–Crippen MR) is 115 cm³/mol. The third-order valence-corrected chi connectivity index (χ3v) is 4.12. The Morgan fingerprint density at radius 1 is 0.867 bits per heavy atom. The van der Waals surface area contributed by atoms with Gasteiger partial charge in [0.1, 0.15) is 0 Å². The van der Waals surface area contributed by atoms with Crippen molar-refractivity contribution in [3.05, 3.63) is 83.8 Å². The molecule has 2 aromatic carbocycles. The summed E-state index contributed by atoms with van der Waals surface area (Å²) in [7, 11) is 1.28. The van der Waals surface area contributed by atoms with E-state index in [9.17, 15) is 14.4 Å². The van der Waals surface area contributed by atoms with Crippen molar-refractivity contribution >= 4 is 46.5 Å². The van der Waals surface area contributed by atoms with E-state index in [-0.39, 0.29) is 16.8 Å². The molecule has 0 fully saturated rings. The second-order valence-electron chi connectivity index (χ2n) is 5.99. The number of ether oxygens (including phenoxy) is 1. The molecule has 3 rings (SSSR count). The second-order valence-corrected chi connectivity index (χ2v) is 6.40. The maximum absolute atomic E-state index is 12.3. The number of methoxy groups -OCH3 is 1. The van der Waals surface area contributed by atoms with Gasteiger partial charge in [-0.2, -0.15) is 0 Å². The molecule has 0 unspecified atom stereocenters. The minimum atomic E-state index is -0.488. The van der Waals surface area contributed by atoms with Crippen LogP contribution in [0.2, 0.25) is 0 Å². The zero-order chi connectivity index (χ0) is 21.5. The van der Waals surface area contributed by atoms with E-state index in [1.54, 1.807) is 36.4 Å². The van der Waals surface area contributed by atoms with Crippen LogP contribution >= 0.6 is 12.2 Å². The second kappa shape index (κ2) is 9.48. The predicted octanol–water partition coefficient (Wildman–Crippen LogP) is 3.45. The lowest BCUT2D eigenvalue weighted by atomic mass is 10.1. The van der Waals surface area contributed by atoms with Gasteiger partial charge >= 0.3 is 5.97 Å². The highest BCUT2D eigenvalue weighted by Crippen LogP contribution is 2.16. The zero-order valence-electron chi connectivity index (χ0n) is 15.8. The van der Waals surface area contributed by atoms with E-state index < -0.39 is 11.9 Å². The number of carbonyl (C=O) groups is 3. The average Bonchev–Trinajstić information content (AvgIpc) is 3.28. The first-order valence-electron chi connectivity index (χ1n) is 8.72. The zero-order valence-corrected chi connectivity index (χ0v) is 16.6. The molecule has 152 valence electrons. The van der Waals surface area contributed by atoms with E-state index in [0.717, 1.165) is 0 Å². The number of amides is 2. The van der Waals surface area contributed by atoms with Crippen molar-refractivity contribution in [1.82, 2.24) is 5.32 Å². The van der Waals surface area contributed by atoms with Crippen molar-refractivity contribution in [1.29, 1.82) is 0 Å². The van der Waals surface area contributed by atoms with Crippen LogP contribution < -0.4 is 16.0 Å². The Balaban J connectivity index is 1.58. The Labute approximate surface area is 177 Å². The lowest BCUT2D eigenvalue weighted by molar-refractivity contribution is 0.0600. The van der Waals surface area contributed by atoms with Crippen LogP contribution in [0.25, 0.3) is 0 Å². The van der Waals surface area contributed by atoms with Gasteiger partial charge in [-0.3, -0.25) is 14.9 Å². The molecule has 0 aliphatic rings. The van der Waals surface area contributed by atoms with Crippen LogP contribution in [0.15, 0.2) is 71.3 Å². The fourth-order valence-corrected chi connectivity index (χ4v) is 2.70. The molecule has 1 aromatic heterocycles. The van der Waals surface area contributed by atoms with E-state index in [4.69, 9.17) is 16.6 Å². The fourth-order valence-electron chi connectivity index (χ4n) is 2.49. The molecule has 3 aromatic rings. The van der Waals surface area contributed by atoms with Crippen molar-refractivity contribution in [2.45, 2.75) is 0 Å². The maximum atomic E-state index is 12.3. The minimum absolute atomic E-state index is 0.0755. The van der Waals surface area contributed by atoms with Crippen LogP contribution in [0, 0.1) is 0 Å². The van der Waals surface area contributed by atoms with Crippen molar-refractivity contribution in [3.63, 3.8) is 0 Å². The molecule has 3 N–H and O–H groups in total. The number of furan rings is 1.